The van der Waals surface area contributed by atoms with Gasteiger partial charge in [-0.15, -0.1) is 0 Å². The van der Waals surface area contributed by atoms with E-state index in [2.05, 4.69) is 24.0 Å². The number of carboxylic acid groups (broad SMARTS) is 1. The predicted molar refractivity (Wildman–Crippen MR) is 81.6 cm³/mol. The van der Waals surface area contributed by atoms with Crippen LogP contribution in [0.5, 0.6) is 0 Å². The fourth-order valence-electron chi connectivity index (χ4n) is 2.45. The number of benzene rings is 1. The highest BCUT2D eigenvalue weighted by Gasteiger charge is 2.12. The smallest absolute Gasteiger partial charge is 0.339 e. The third-order valence-electron chi connectivity index (χ3n) is 3.50. The van der Waals surface area contributed by atoms with Crippen LogP contribution in [0.15, 0.2) is 48.8 Å². The van der Waals surface area contributed by atoms with Crippen molar-refractivity contribution in [2.75, 3.05) is 0 Å². The highest BCUT2D eigenvalue weighted by molar-refractivity contribution is 5.94. The van der Waals surface area contributed by atoms with Gasteiger partial charge < -0.3 is 9.51 Å². The quantitative estimate of drug-likeness (QED) is 0.793. The molecule has 4 nitrogen and oxygen atoms in total. The molecule has 0 spiro atoms. The number of carboxylic acids is 1. The van der Waals surface area contributed by atoms with Crippen LogP contribution in [-0.4, -0.2) is 20.5 Å². The van der Waals surface area contributed by atoms with Crippen molar-refractivity contribution in [1.29, 1.82) is 0 Å². The Hall–Kier alpha value is -2.62. The molecule has 0 aliphatic heterocycles. The topological polar surface area (TPSA) is 54.6 Å². The summed E-state index contributed by atoms with van der Waals surface area (Å²) in [4.78, 5) is 15.7. The van der Waals surface area contributed by atoms with Crippen LogP contribution in [0.2, 0.25) is 0 Å². The van der Waals surface area contributed by atoms with Crippen LogP contribution in [0, 0.1) is 0 Å². The van der Waals surface area contributed by atoms with E-state index in [4.69, 9.17) is 0 Å². The normalized spacial score (nSPS) is 10.9. The zero-order chi connectivity index (χ0) is 14.8. The van der Waals surface area contributed by atoms with E-state index >= 15 is 0 Å². The summed E-state index contributed by atoms with van der Waals surface area (Å²) in [5.74, 6) is -0.962. The summed E-state index contributed by atoms with van der Waals surface area (Å²) < 4.78 is 1.75. The number of fused-ring (bicyclic) bond motifs is 1. The van der Waals surface area contributed by atoms with Crippen molar-refractivity contribution in [3.63, 3.8) is 0 Å². The second kappa shape index (κ2) is 5.40. The molecule has 1 N–H and O–H groups in total. The molecule has 3 rings (SSSR count). The van der Waals surface area contributed by atoms with Gasteiger partial charge in [0.15, 0.2) is 5.65 Å². The highest BCUT2D eigenvalue weighted by atomic mass is 16.4. The first-order valence-electron chi connectivity index (χ1n) is 6.99. The van der Waals surface area contributed by atoms with Gasteiger partial charge in [-0.3, -0.25) is 0 Å². The van der Waals surface area contributed by atoms with Crippen molar-refractivity contribution in [2.45, 2.75) is 19.8 Å². The molecule has 0 aliphatic carbocycles. The van der Waals surface area contributed by atoms with E-state index < -0.39 is 5.97 Å². The number of rotatable bonds is 4. The largest absolute Gasteiger partial charge is 0.478 e. The lowest BCUT2D eigenvalue weighted by Gasteiger charge is -2.00. The molecule has 0 bridgehead atoms. The number of pyridine rings is 1. The summed E-state index contributed by atoms with van der Waals surface area (Å²) in [7, 11) is 0. The summed E-state index contributed by atoms with van der Waals surface area (Å²) in [6.45, 7) is 2.16. The van der Waals surface area contributed by atoms with Crippen LogP contribution >= 0.6 is 0 Å². The number of carbonyl (C=O) groups is 1. The number of aromatic nitrogens is 2. The lowest BCUT2D eigenvalue weighted by molar-refractivity contribution is 0.0698. The lowest BCUT2D eigenvalue weighted by Crippen LogP contribution is -1.99. The molecule has 0 fully saturated rings. The van der Waals surface area contributed by atoms with E-state index in [0.29, 0.717) is 5.65 Å². The summed E-state index contributed by atoms with van der Waals surface area (Å²) in [5.41, 5.74) is 3.77. The Morgan fingerprint density at radius 2 is 2.00 bits per heavy atom. The van der Waals surface area contributed by atoms with Crippen LogP contribution in [0.4, 0.5) is 0 Å². The number of hydrogen-bond acceptors (Lipinski definition) is 2. The van der Waals surface area contributed by atoms with Gasteiger partial charge in [0.2, 0.25) is 0 Å². The van der Waals surface area contributed by atoms with Gasteiger partial charge in [0.25, 0.3) is 0 Å². The number of nitrogens with zero attached hydrogens (tertiary/aromatic N) is 2. The Bertz CT molecular complexity index is 788. The molecule has 106 valence electrons. The predicted octanol–water partition coefficient (Wildman–Crippen LogP) is 3.65. The SMILES string of the molecule is CCCc1ccc(-c2cn3cccc(C(=O)O)c3n2)cc1. The van der Waals surface area contributed by atoms with Gasteiger partial charge in [-0.05, 0) is 24.1 Å². The Balaban J connectivity index is 2.04. The first-order valence-corrected chi connectivity index (χ1v) is 6.99. The maximum atomic E-state index is 11.2. The van der Waals surface area contributed by atoms with Gasteiger partial charge in [-0.25, -0.2) is 9.78 Å². The molecule has 2 aromatic heterocycles. The molecule has 4 heteroatoms. The molecular formula is C17H16N2O2. The maximum Gasteiger partial charge on any atom is 0.339 e. The molecule has 0 saturated heterocycles. The van der Waals surface area contributed by atoms with E-state index in [1.807, 2.05) is 24.5 Å². The molecule has 3 aromatic rings. The first-order chi connectivity index (χ1) is 10.2. The van der Waals surface area contributed by atoms with Gasteiger partial charge in [-0.1, -0.05) is 37.6 Å². The van der Waals surface area contributed by atoms with E-state index in [-0.39, 0.29) is 5.56 Å². The number of aromatic carboxylic acids is 1. The number of hydrogen-bond donors (Lipinski definition) is 1. The third-order valence-corrected chi connectivity index (χ3v) is 3.50. The summed E-state index contributed by atoms with van der Waals surface area (Å²) >= 11 is 0. The van der Waals surface area contributed by atoms with Crippen molar-refractivity contribution < 1.29 is 9.90 Å². The molecule has 21 heavy (non-hydrogen) atoms. The lowest BCUT2D eigenvalue weighted by atomic mass is 10.1. The van der Waals surface area contributed by atoms with Crippen molar-refractivity contribution in [2.24, 2.45) is 0 Å². The van der Waals surface area contributed by atoms with E-state index in [0.717, 1.165) is 24.1 Å². The van der Waals surface area contributed by atoms with Crippen molar-refractivity contribution in [3.05, 3.63) is 59.9 Å². The minimum Gasteiger partial charge on any atom is -0.478 e. The Labute approximate surface area is 122 Å². The monoisotopic (exact) mass is 280 g/mol. The Morgan fingerprint density at radius 3 is 2.67 bits per heavy atom. The average Bonchev–Trinajstić information content (AvgIpc) is 2.92. The number of imidazole rings is 1. The maximum absolute atomic E-state index is 11.2. The molecular weight excluding hydrogens is 264 g/mol. The molecule has 0 saturated carbocycles. The molecule has 0 radical (unpaired) electrons. The standard InChI is InChI=1S/C17H16N2O2/c1-2-4-12-6-8-13(9-7-12)15-11-19-10-3-5-14(17(20)21)16(19)18-15/h3,5-11H,2,4H2,1H3,(H,20,21). The van der Waals surface area contributed by atoms with Gasteiger partial charge in [-0.2, -0.15) is 0 Å². The molecule has 2 heterocycles. The van der Waals surface area contributed by atoms with Gasteiger partial charge in [0.05, 0.1) is 5.69 Å². The summed E-state index contributed by atoms with van der Waals surface area (Å²) in [5, 5.41) is 9.20. The summed E-state index contributed by atoms with van der Waals surface area (Å²) in [6.07, 6.45) is 5.85. The van der Waals surface area contributed by atoms with Crippen LogP contribution in [0.3, 0.4) is 0 Å². The van der Waals surface area contributed by atoms with Gasteiger partial charge >= 0.3 is 5.97 Å². The molecule has 1 aromatic carbocycles. The first kappa shape index (κ1) is 13.4. The highest BCUT2D eigenvalue weighted by Crippen LogP contribution is 2.21. The minimum atomic E-state index is -0.962. The molecule has 0 aliphatic rings. The summed E-state index contributed by atoms with van der Waals surface area (Å²) in [6, 6.07) is 11.5. The Morgan fingerprint density at radius 1 is 1.24 bits per heavy atom. The second-order valence-electron chi connectivity index (χ2n) is 5.03. The van der Waals surface area contributed by atoms with E-state index in [1.165, 1.54) is 5.56 Å². The van der Waals surface area contributed by atoms with Crippen molar-refractivity contribution in [1.82, 2.24) is 9.38 Å². The zero-order valence-electron chi connectivity index (χ0n) is 11.8. The third kappa shape index (κ3) is 2.52. The van der Waals surface area contributed by atoms with Crippen molar-refractivity contribution in [3.8, 4) is 11.3 Å². The van der Waals surface area contributed by atoms with E-state index in [1.54, 1.807) is 16.5 Å². The molecule has 0 unspecified atom stereocenters. The number of aryl methyl sites for hydroxylation is 1. The van der Waals surface area contributed by atoms with Gasteiger partial charge in [0.1, 0.15) is 5.56 Å². The zero-order valence-corrected chi connectivity index (χ0v) is 11.8. The molecule has 0 amide bonds. The average molecular weight is 280 g/mol. The van der Waals surface area contributed by atoms with Crippen LogP contribution in [0.1, 0.15) is 29.3 Å². The van der Waals surface area contributed by atoms with E-state index in [9.17, 15) is 9.90 Å². The fourth-order valence-corrected chi connectivity index (χ4v) is 2.45. The second-order valence-corrected chi connectivity index (χ2v) is 5.03. The minimum absolute atomic E-state index is 0.214. The molecule has 0 atom stereocenters. The Kier molecular flexibility index (Phi) is 3.44. The fraction of sp³-hybridized carbons (Fsp3) is 0.176. The van der Waals surface area contributed by atoms with Crippen LogP contribution in [0.25, 0.3) is 16.9 Å². The van der Waals surface area contributed by atoms with Crippen molar-refractivity contribution >= 4 is 11.6 Å². The van der Waals surface area contributed by atoms with Crippen LogP contribution in [-0.2, 0) is 6.42 Å². The van der Waals surface area contributed by atoms with Gasteiger partial charge in [0, 0.05) is 18.0 Å². The van der Waals surface area contributed by atoms with Crippen LogP contribution < -0.4 is 0 Å².